The molecule has 1 aromatic heterocycles. The van der Waals surface area contributed by atoms with Gasteiger partial charge in [-0.15, -0.1) is 0 Å². The van der Waals surface area contributed by atoms with Crippen LogP contribution in [0.25, 0.3) is 38.6 Å². The molecule has 13 rings (SSSR count). The SMILES string of the molecule is Cc1ccc(N(c2ccc(C)cc2)c2ccc3c(c2)c2cc(-c4ccccc4)ccc2n3-c2ccc([Si]3(c4ccccc4)c4ccccc4[Si](c4ccccc4)(c4ccccc4)c4ccccc43)cc2)cc1. The first-order chi connectivity index (χ1) is 35.5. The molecular weight excluding hydrogens is 901 g/mol. The molecule has 0 bridgehead atoms. The molecular formula is C68H52N2Si2. The second-order valence-electron chi connectivity index (χ2n) is 19.4. The molecule has 342 valence electrons. The van der Waals surface area contributed by atoms with Gasteiger partial charge in [0.2, 0.25) is 0 Å². The Kier molecular flexibility index (Phi) is 10.7. The number of fused-ring (bicyclic) bond motifs is 5. The minimum atomic E-state index is -2.96. The first-order valence-electron chi connectivity index (χ1n) is 25.1. The number of hydrogen-bond donors (Lipinski definition) is 0. The maximum absolute atomic E-state index is 2.96. The van der Waals surface area contributed by atoms with Crippen LogP contribution >= 0.6 is 0 Å². The molecule has 1 aliphatic heterocycles. The fraction of sp³-hybridized carbons (Fsp3) is 0.0294. The van der Waals surface area contributed by atoms with E-state index in [2.05, 4.69) is 302 Å². The summed E-state index contributed by atoms with van der Waals surface area (Å²) in [6, 6.07) is 106. The predicted molar refractivity (Wildman–Crippen MR) is 311 cm³/mol. The van der Waals surface area contributed by atoms with Crippen molar-refractivity contribution in [2.45, 2.75) is 13.8 Å². The molecule has 0 fully saturated rings. The lowest BCUT2D eigenvalue weighted by Gasteiger charge is -2.48. The van der Waals surface area contributed by atoms with Crippen LogP contribution in [-0.4, -0.2) is 20.7 Å². The largest absolute Gasteiger partial charge is 0.310 e. The monoisotopic (exact) mass is 952 g/mol. The average molecular weight is 953 g/mol. The molecule has 72 heavy (non-hydrogen) atoms. The fourth-order valence-corrected chi connectivity index (χ4v) is 24.2. The van der Waals surface area contributed by atoms with E-state index in [9.17, 15) is 0 Å². The van der Waals surface area contributed by atoms with Gasteiger partial charge in [-0.3, -0.25) is 0 Å². The van der Waals surface area contributed by atoms with Gasteiger partial charge in [0.1, 0.15) is 0 Å². The molecule has 0 saturated carbocycles. The van der Waals surface area contributed by atoms with Crippen molar-refractivity contribution in [2.24, 2.45) is 0 Å². The summed E-state index contributed by atoms with van der Waals surface area (Å²) in [6.07, 6.45) is 0. The summed E-state index contributed by atoms with van der Waals surface area (Å²) in [5, 5.41) is 13.9. The van der Waals surface area contributed by atoms with Crippen molar-refractivity contribution in [3.8, 4) is 16.8 Å². The van der Waals surface area contributed by atoms with Crippen LogP contribution in [0, 0.1) is 13.8 Å². The lowest BCUT2D eigenvalue weighted by molar-refractivity contribution is 1.18. The van der Waals surface area contributed by atoms with Crippen molar-refractivity contribution in [3.05, 3.63) is 290 Å². The molecule has 4 heteroatoms. The second-order valence-corrected chi connectivity index (χ2v) is 26.8. The number of anilines is 3. The first kappa shape index (κ1) is 43.5. The standard InChI is InChI=1S/C68H52N2Si2/c1-49-31-36-53(37-32-49)69(54-38-33-50(2)34-39-54)56-42-46-64-62(48-56)61-47-52(51-19-7-3-8-20-51)35-45-63(61)70(64)55-40-43-60(44-41-55)72(59-25-13-6-14-26-59)67-29-17-15-27-65(67)71(57-21-9-4-10-22-57,58-23-11-5-12-24-58)66-28-16-18-30-68(66)72/h3-48H,1-2H3. The Labute approximate surface area is 424 Å². The zero-order valence-corrected chi connectivity index (χ0v) is 42.5. The Morgan fingerprint density at radius 2 is 0.653 bits per heavy atom. The highest BCUT2D eigenvalue weighted by Gasteiger charge is 2.56. The van der Waals surface area contributed by atoms with E-state index in [4.69, 9.17) is 0 Å². The Morgan fingerprint density at radius 1 is 0.292 bits per heavy atom. The number of aromatic nitrogens is 1. The number of hydrogen-bond acceptors (Lipinski definition) is 1. The Hall–Kier alpha value is -8.55. The number of rotatable bonds is 9. The van der Waals surface area contributed by atoms with E-state index in [1.54, 1.807) is 0 Å². The van der Waals surface area contributed by atoms with Crippen LogP contribution < -0.4 is 46.4 Å². The van der Waals surface area contributed by atoms with Crippen molar-refractivity contribution in [3.63, 3.8) is 0 Å². The first-order valence-corrected chi connectivity index (χ1v) is 29.1. The van der Waals surface area contributed by atoms with Crippen molar-refractivity contribution >= 4 is 96.5 Å². The molecule has 0 spiro atoms. The third-order valence-corrected chi connectivity index (χ3v) is 25.6. The molecule has 0 radical (unpaired) electrons. The lowest BCUT2D eigenvalue weighted by atomic mass is 10.0. The highest BCUT2D eigenvalue weighted by molar-refractivity contribution is 7.32. The van der Waals surface area contributed by atoms with Gasteiger partial charge in [-0.25, -0.2) is 0 Å². The Bertz CT molecular complexity index is 3770. The summed E-state index contributed by atoms with van der Waals surface area (Å²) in [5.41, 5.74) is 11.7. The molecule has 0 saturated heterocycles. The summed E-state index contributed by atoms with van der Waals surface area (Å²) in [6.45, 7) is 4.30. The number of nitrogens with zero attached hydrogens (tertiary/aromatic N) is 2. The third kappa shape index (κ3) is 6.82. The van der Waals surface area contributed by atoms with Crippen LogP contribution in [0.4, 0.5) is 17.1 Å². The summed E-state index contributed by atoms with van der Waals surface area (Å²) in [4.78, 5) is 2.39. The molecule has 0 unspecified atom stereocenters. The minimum Gasteiger partial charge on any atom is -0.310 e. The van der Waals surface area contributed by atoms with Crippen LogP contribution in [0.3, 0.4) is 0 Å². The van der Waals surface area contributed by atoms with E-state index >= 15 is 0 Å². The summed E-state index contributed by atoms with van der Waals surface area (Å²) < 4.78 is 2.48. The van der Waals surface area contributed by atoms with E-state index in [0.717, 1.165) is 22.7 Å². The molecule has 0 aliphatic carbocycles. The summed E-state index contributed by atoms with van der Waals surface area (Å²) >= 11 is 0. The van der Waals surface area contributed by atoms with Crippen LogP contribution in [0.15, 0.2) is 279 Å². The quantitative estimate of drug-likeness (QED) is 0.131. The number of benzene rings is 11. The van der Waals surface area contributed by atoms with Crippen LogP contribution in [-0.2, 0) is 0 Å². The second kappa shape index (κ2) is 17.7. The van der Waals surface area contributed by atoms with Crippen molar-refractivity contribution < 1.29 is 0 Å². The molecule has 1 aliphatic rings. The smallest absolute Gasteiger partial charge is 0.179 e. The molecule has 0 atom stereocenters. The van der Waals surface area contributed by atoms with Crippen molar-refractivity contribution in [1.29, 1.82) is 0 Å². The van der Waals surface area contributed by atoms with Gasteiger partial charge in [-0.05, 0) is 133 Å². The highest BCUT2D eigenvalue weighted by atomic mass is 28.3. The van der Waals surface area contributed by atoms with Crippen LogP contribution in [0.5, 0.6) is 0 Å². The summed E-state index contributed by atoms with van der Waals surface area (Å²) in [5.74, 6) is 0. The molecule has 2 nitrogen and oxygen atoms in total. The fourth-order valence-electron chi connectivity index (χ4n) is 12.1. The van der Waals surface area contributed by atoms with Crippen LogP contribution in [0.2, 0.25) is 0 Å². The van der Waals surface area contributed by atoms with E-state index in [1.165, 1.54) is 85.6 Å². The van der Waals surface area contributed by atoms with Crippen molar-refractivity contribution in [1.82, 2.24) is 4.57 Å². The van der Waals surface area contributed by atoms with Gasteiger partial charge >= 0.3 is 0 Å². The van der Waals surface area contributed by atoms with Gasteiger partial charge in [0.25, 0.3) is 0 Å². The van der Waals surface area contributed by atoms with E-state index in [0.29, 0.717) is 0 Å². The van der Waals surface area contributed by atoms with Gasteiger partial charge in [-0.1, -0.05) is 223 Å². The van der Waals surface area contributed by atoms with E-state index < -0.39 is 16.1 Å². The lowest BCUT2D eigenvalue weighted by Crippen LogP contribution is -2.93. The van der Waals surface area contributed by atoms with Crippen molar-refractivity contribution in [2.75, 3.05) is 4.90 Å². The molecule has 2 heterocycles. The average Bonchev–Trinajstić information content (AvgIpc) is 3.77. The Morgan fingerprint density at radius 3 is 1.10 bits per heavy atom. The van der Waals surface area contributed by atoms with Crippen LogP contribution in [0.1, 0.15) is 11.1 Å². The molecule has 12 aromatic rings. The van der Waals surface area contributed by atoms with Gasteiger partial charge in [-0.2, -0.15) is 0 Å². The van der Waals surface area contributed by atoms with Gasteiger partial charge in [0.05, 0.1) is 11.0 Å². The van der Waals surface area contributed by atoms with Gasteiger partial charge in [0, 0.05) is 33.5 Å². The highest BCUT2D eigenvalue weighted by Crippen LogP contribution is 2.41. The van der Waals surface area contributed by atoms with E-state index in [-0.39, 0.29) is 0 Å². The topological polar surface area (TPSA) is 8.17 Å². The molecule has 0 N–H and O–H groups in total. The maximum Gasteiger partial charge on any atom is 0.179 e. The predicted octanol–water partition coefficient (Wildman–Crippen LogP) is 11.6. The number of aryl methyl sites for hydroxylation is 2. The zero-order chi connectivity index (χ0) is 48.2. The molecule has 0 amide bonds. The summed E-state index contributed by atoms with van der Waals surface area (Å²) in [7, 11) is -5.77. The normalized spacial score (nSPS) is 13.4. The zero-order valence-electron chi connectivity index (χ0n) is 40.5. The van der Waals surface area contributed by atoms with Gasteiger partial charge < -0.3 is 9.47 Å². The third-order valence-electron chi connectivity index (χ3n) is 15.3. The minimum absolute atomic E-state index is 1.12. The maximum atomic E-state index is 2.48. The Balaban J connectivity index is 1.04. The molecule has 11 aromatic carbocycles. The van der Waals surface area contributed by atoms with Gasteiger partial charge in [0.15, 0.2) is 16.1 Å². The van der Waals surface area contributed by atoms with E-state index in [1.807, 2.05) is 0 Å².